The molecule has 0 aliphatic carbocycles. The lowest BCUT2D eigenvalue weighted by molar-refractivity contribution is 0.395. The third-order valence-electron chi connectivity index (χ3n) is 3.76. The van der Waals surface area contributed by atoms with Crippen LogP contribution >= 0.6 is 0 Å². The van der Waals surface area contributed by atoms with E-state index in [2.05, 4.69) is 30.2 Å². The van der Waals surface area contributed by atoms with Crippen LogP contribution in [0.2, 0.25) is 0 Å². The van der Waals surface area contributed by atoms with Gasteiger partial charge in [-0.25, -0.2) is 15.0 Å². The van der Waals surface area contributed by atoms with Crippen molar-refractivity contribution in [2.75, 3.05) is 30.4 Å². The van der Waals surface area contributed by atoms with Crippen molar-refractivity contribution in [3.63, 3.8) is 0 Å². The van der Waals surface area contributed by atoms with Gasteiger partial charge in [0.2, 0.25) is 11.8 Å². The molecular formula is C15H20N6O. The second-order valence-electron chi connectivity index (χ2n) is 5.35. The van der Waals surface area contributed by atoms with E-state index in [1.165, 1.54) is 0 Å². The van der Waals surface area contributed by atoms with Crippen LogP contribution in [0.4, 0.5) is 11.8 Å². The van der Waals surface area contributed by atoms with Crippen molar-refractivity contribution >= 4 is 11.8 Å². The molecule has 7 heteroatoms. The zero-order valence-corrected chi connectivity index (χ0v) is 12.9. The van der Waals surface area contributed by atoms with Gasteiger partial charge in [-0.2, -0.15) is 4.98 Å². The molecule has 0 amide bonds. The van der Waals surface area contributed by atoms with Crippen molar-refractivity contribution in [1.82, 2.24) is 19.9 Å². The van der Waals surface area contributed by atoms with Crippen molar-refractivity contribution in [2.24, 2.45) is 0 Å². The minimum atomic E-state index is 0.413. The van der Waals surface area contributed by atoms with Crippen LogP contribution in [0.25, 0.3) is 0 Å². The third kappa shape index (κ3) is 3.41. The SMILES string of the molecule is COc1ccnc(N2CCC(Nc3cc(C)ncn3)CC2)n1. The summed E-state index contributed by atoms with van der Waals surface area (Å²) < 4.78 is 5.15. The molecule has 1 saturated heterocycles. The van der Waals surface area contributed by atoms with E-state index in [9.17, 15) is 0 Å². The molecule has 1 fully saturated rings. The highest BCUT2D eigenvalue weighted by Crippen LogP contribution is 2.20. The van der Waals surface area contributed by atoms with E-state index in [0.29, 0.717) is 11.9 Å². The van der Waals surface area contributed by atoms with Gasteiger partial charge >= 0.3 is 0 Å². The average Bonchev–Trinajstić information content (AvgIpc) is 2.56. The first kappa shape index (κ1) is 14.5. The molecule has 2 aromatic heterocycles. The van der Waals surface area contributed by atoms with E-state index in [0.717, 1.165) is 43.4 Å². The summed E-state index contributed by atoms with van der Waals surface area (Å²) in [6.45, 7) is 3.79. The number of rotatable bonds is 4. The summed E-state index contributed by atoms with van der Waals surface area (Å²) in [5, 5.41) is 3.47. The maximum absolute atomic E-state index is 5.15. The van der Waals surface area contributed by atoms with E-state index < -0.39 is 0 Å². The van der Waals surface area contributed by atoms with E-state index in [4.69, 9.17) is 4.74 Å². The van der Waals surface area contributed by atoms with E-state index >= 15 is 0 Å². The lowest BCUT2D eigenvalue weighted by Crippen LogP contribution is -2.40. The minimum absolute atomic E-state index is 0.413. The Morgan fingerprint density at radius 3 is 2.77 bits per heavy atom. The largest absolute Gasteiger partial charge is 0.481 e. The Labute approximate surface area is 129 Å². The highest BCUT2D eigenvalue weighted by Gasteiger charge is 2.21. The number of nitrogens with one attached hydrogen (secondary N) is 1. The lowest BCUT2D eigenvalue weighted by Gasteiger charge is -2.32. The van der Waals surface area contributed by atoms with Crippen LogP contribution in [0.1, 0.15) is 18.5 Å². The molecule has 1 N–H and O–H groups in total. The topological polar surface area (TPSA) is 76.1 Å². The van der Waals surface area contributed by atoms with Gasteiger partial charge in [0.15, 0.2) is 0 Å². The van der Waals surface area contributed by atoms with Crippen LogP contribution in [0.5, 0.6) is 5.88 Å². The summed E-state index contributed by atoms with van der Waals surface area (Å²) in [6.07, 6.45) is 5.36. The molecule has 0 spiro atoms. The van der Waals surface area contributed by atoms with Crippen molar-refractivity contribution < 1.29 is 4.74 Å². The number of anilines is 2. The molecule has 0 aromatic carbocycles. The standard InChI is InChI=1S/C15H20N6O/c1-11-9-13(18-10-17-11)19-12-4-7-21(8-5-12)15-16-6-3-14(20-15)22-2/h3,6,9-10,12H,4-5,7-8H2,1-2H3,(H,17,18,19). The summed E-state index contributed by atoms with van der Waals surface area (Å²) in [5.74, 6) is 2.22. The normalized spacial score (nSPS) is 15.6. The first-order valence-electron chi connectivity index (χ1n) is 7.42. The number of ether oxygens (including phenoxy) is 1. The Morgan fingerprint density at radius 1 is 1.23 bits per heavy atom. The number of hydrogen-bond donors (Lipinski definition) is 1. The summed E-state index contributed by atoms with van der Waals surface area (Å²) in [6, 6.07) is 4.14. The molecule has 0 saturated carbocycles. The number of hydrogen-bond acceptors (Lipinski definition) is 7. The zero-order chi connectivity index (χ0) is 15.4. The molecule has 0 unspecified atom stereocenters. The molecule has 0 radical (unpaired) electrons. The highest BCUT2D eigenvalue weighted by atomic mass is 16.5. The van der Waals surface area contributed by atoms with Crippen LogP contribution in [-0.4, -0.2) is 46.2 Å². The summed E-state index contributed by atoms with van der Waals surface area (Å²) in [4.78, 5) is 19.3. The van der Waals surface area contributed by atoms with E-state index in [-0.39, 0.29) is 0 Å². The Balaban J connectivity index is 1.58. The molecule has 0 atom stereocenters. The molecular weight excluding hydrogens is 280 g/mol. The fourth-order valence-corrected chi connectivity index (χ4v) is 2.56. The van der Waals surface area contributed by atoms with Gasteiger partial charge in [0, 0.05) is 43.2 Å². The van der Waals surface area contributed by atoms with E-state index in [1.807, 2.05) is 13.0 Å². The van der Waals surface area contributed by atoms with Gasteiger partial charge in [-0.05, 0) is 19.8 Å². The second kappa shape index (κ2) is 6.55. The number of aryl methyl sites for hydroxylation is 1. The molecule has 2 aromatic rings. The van der Waals surface area contributed by atoms with Crippen molar-refractivity contribution in [3.8, 4) is 5.88 Å². The maximum atomic E-state index is 5.15. The first-order valence-corrected chi connectivity index (χ1v) is 7.42. The molecule has 0 bridgehead atoms. The van der Waals surface area contributed by atoms with Crippen LogP contribution < -0.4 is 15.0 Å². The molecule has 116 valence electrons. The number of methoxy groups -OCH3 is 1. The van der Waals surface area contributed by atoms with Gasteiger partial charge in [0.25, 0.3) is 0 Å². The molecule has 7 nitrogen and oxygen atoms in total. The highest BCUT2D eigenvalue weighted by molar-refractivity contribution is 5.37. The van der Waals surface area contributed by atoms with Gasteiger partial charge in [-0.15, -0.1) is 0 Å². The first-order chi connectivity index (χ1) is 10.7. The number of piperidine rings is 1. The number of aromatic nitrogens is 4. The maximum Gasteiger partial charge on any atom is 0.228 e. The van der Waals surface area contributed by atoms with Crippen LogP contribution in [0.3, 0.4) is 0 Å². The van der Waals surface area contributed by atoms with E-state index in [1.54, 1.807) is 25.7 Å². The quantitative estimate of drug-likeness (QED) is 0.920. The smallest absolute Gasteiger partial charge is 0.228 e. The summed E-state index contributed by atoms with van der Waals surface area (Å²) in [5.41, 5.74) is 0.972. The predicted octanol–water partition coefficient (Wildman–Crippen LogP) is 1.66. The van der Waals surface area contributed by atoms with Crippen LogP contribution in [0, 0.1) is 6.92 Å². The monoisotopic (exact) mass is 300 g/mol. The van der Waals surface area contributed by atoms with Crippen LogP contribution in [-0.2, 0) is 0 Å². The third-order valence-corrected chi connectivity index (χ3v) is 3.76. The Hall–Kier alpha value is -2.44. The average molecular weight is 300 g/mol. The Morgan fingerprint density at radius 2 is 2.05 bits per heavy atom. The lowest BCUT2D eigenvalue weighted by atomic mass is 10.1. The molecule has 3 rings (SSSR count). The van der Waals surface area contributed by atoms with Gasteiger partial charge in [0.05, 0.1) is 7.11 Å². The van der Waals surface area contributed by atoms with Gasteiger partial charge in [0.1, 0.15) is 12.1 Å². The van der Waals surface area contributed by atoms with Gasteiger partial charge in [-0.1, -0.05) is 0 Å². The van der Waals surface area contributed by atoms with Crippen molar-refractivity contribution in [1.29, 1.82) is 0 Å². The zero-order valence-electron chi connectivity index (χ0n) is 12.9. The minimum Gasteiger partial charge on any atom is -0.481 e. The molecule has 1 aliphatic rings. The predicted molar refractivity (Wildman–Crippen MR) is 84.2 cm³/mol. The molecule has 3 heterocycles. The summed E-state index contributed by atoms with van der Waals surface area (Å²) >= 11 is 0. The summed E-state index contributed by atoms with van der Waals surface area (Å²) in [7, 11) is 1.62. The van der Waals surface area contributed by atoms with Gasteiger partial charge < -0.3 is 15.0 Å². The fourth-order valence-electron chi connectivity index (χ4n) is 2.56. The van der Waals surface area contributed by atoms with Crippen LogP contribution in [0.15, 0.2) is 24.7 Å². The fraction of sp³-hybridized carbons (Fsp3) is 0.467. The van der Waals surface area contributed by atoms with Gasteiger partial charge in [-0.3, -0.25) is 0 Å². The van der Waals surface area contributed by atoms with Crippen molar-refractivity contribution in [3.05, 3.63) is 30.4 Å². The Bertz CT molecular complexity index is 627. The molecule has 22 heavy (non-hydrogen) atoms. The van der Waals surface area contributed by atoms with Crippen molar-refractivity contribution in [2.45, 2.75) is 25.8 Å². The Kier molecular flexibility index (Phi) is 4.32. The molecule has 1 aliphatic heterocycles. The number of nitrogens with zero attached hydrogens (tertiary/aromatic N) is 5. The second-order valence-corrected chi connectivity index (χ2v) is 5.35.